The summed E-state index contributed by atoms with van der Waals surface area (Å²) in [5.41, 5.74) is 0. The van der Waals surface area contributed by atoms with Gasteiger partial charge < -0.3 is 33.8 Å². The van der Waals surface area contributed by atoms with Gasteiger partial charge in [-0.25, -0.2) is 9.13 Å². The first-order valence-corrected chi connectivity index (χ1v) is 43.4. The first kappa shape index (κ1) is 100. The highest BCUT2D eigenvalue weighted by atomic mass is 31.2. The highest BCUT2D eigenvalue weighted by Gasteiger charge is 2.30. The fraction of sp³-hybridized carbons (Fsp3) is 0.632. The van der Waals surface area contributed by atoms with E-state index in [1.54, 1.807) is 0 Å². The van der Waals surface area contributed by atoms with Crippen molar-refractivity contribution in [3.8, 4) is 0 Å². The van der Waals surface area contributed by atoms with Crippen LogP contribution in [0.25, 0.3) is 0 Å². The van der Waals surface area contributed by atoms with Gasteiger partial charge in [-0.15, -0.1) is 0 Å². The summed E-state index contributed by atoms with van der Waals surface area (Å²) in [6.45, 7) is 4.33. The van der Waals surface area contributed by atoms with Gasteiger partial charge >= 0.3 is 39.5 Å². The Morgan fingerprint density at radius 2 is 0.462 bits per heavy atom. The van der Waals surface area contributed by atoms with Crippen LogP contribution in [0, 0.1) is 0 Å². The normalized spacial score (nSPS) is 14.7. The van der Waals surface area contributed by atoms with Gasteiger partial charge in [0.1, 0.15) is 19.3 Å². The maximum absolute atomic E-state index is 13.1. The second-order valence-corrected chi connectivity index (χ2v) is 29.1. The van der Waals surface area contributed by atoms with Gasteiger partial charge in [0.25, 0.3) is 0 Å². The predicted molar refractivity (Wildman–Crippen MR) is 436 cm³/mol. The third-order valence-corrected chi connectivity index (χ3v) is 18.1. The van der Waals surface area contributed by atoms with E-state index in [2.05, 4.69) is 198 Å². The van der Waals surface area contributed by atoms with Crippen LogP contribution in [0.4, 0.5) is 0 Å². The number of unbranched alkanes of at least 4 members (excludes halogenated alkanes) is 20. The molecule has 5 unspecified atom stereocenters. The van der Waals surface area contributed by atoms with E-state index >= 15 is 0 Å². The number of phosphoric ester groups is 2. The summed E-state index contributed by atoms with van der Waals surface area (Å²) >= 11 is 0. The standard InChI is InChI=1S/C87H142O17P2/c1-5-9-13-17-21-25-29-33-37-39-40-42-46-48-52-56-60-64-68-72-85(90)98-78-83(104-87(92)74-70-66-62-58-54-50-44-36-32-28-24-20-16-12-8-4)80-102-106(95,96)100-76-81(88)75-99-105(93,94)101-79-82(103-86(91)73-69-65-61-57-53-49-43-35-31-27-23-19-15-11-7-3)77-97-84(89)71-67-63-59-55-51-47-45-41-38-34-30-26-22-18-14-10-6-2/h9-16,21-28,33-38,40,42-44,48,52,81-83,88H,5-8,17-20,29-32,39,41,45-47,49-51,53-80H2,1-4H3,(H,93,94)(H,95,96)/b13-9-,14-10-,15-11-,16-12-,25-21-,26-22-,27-23-,28-24-,37-33-,38-34-,42-40-,43-35-,44-36-,52-48-. The molecule has 17 nitrogen and oxygen atoms in total. The van der Waals surface area contributed by atoms with Crippen LogP contribution in [0.2, 0.25) is 0 Å². The Morgan fingerprint density at radius 1 is 0.264 bits per heavy atom. The summed E-state index contributed by atoms with van der Waals surface area (Å²) in [4.78, 5) is 73.1. The van der Waals surface area contributed by atoms with Crippen molar-refractivity contribution in [3.05, 3.63) is 170 Å². The van der Waals surface area contributed by atoms with E-state index in [0.29, 0.717) is 25.7 Å². The highest BCUT2D eigenvalue weighted by molar-refractivity contribution is 7.47. The molecule has 0 bridgehead atoms. The van der Waals surface area contributed by atoms with Gasteiger partial charge in [-0.1, -0.05) is 275 Å². The Morgan fingerprint density at radius 3 is 0.717 bits per heavy atom. The zero-order chi connectivity index (χ0) is 77.4. The molecule has 0 aromatic rings. The maximum atomic E-state index is 13.1. The second kappa shape index (κ2) is 77.6. The van der Waals surface area contributed by atoms with Crippen LogP contribution < -0.4 is 0 Å². The molecule has 0 amide bonds. The third-order valence-electron chi connectivity index (χ3n) is 16.2. The molecule has 0 rings (SSSR count). The number of aliphatic hydroxyl groups excluding tert-OH is 1. The molecule has 5 atom stereocenters. The van der Waals surface area contributed by atoms with Gasteiger partial charge in [0, 0.05) is 25.7 Å². The minimum atomic E-state index is -5.00. The summed E-state index contributed by atoms with van der Waals surface area (Å²) < 4.78 is 68.6. The summed E-state index contributed by atoms with van der Waals surface area (Å²) in [7, 11) is -10.00. The number of esters is 4. The zero-order valence-electron chi connectivity index (χ0n) is 65.8. The molecular formula is C87H142O17P2. The van der Waals surface area contributed by atoms with Crippen molar-refractivity contribution in [2.75, 3.05) is 39.6 Å². The minimum Gasteiger partial charge on any atom is -0.462 e. The van der Waals surface area contributed by atoms with Crippen molar-refractivity contribution >= 4 is 39.5 Å². The molecule has 0 saturated heterocycles. The molecule has 106 heavy (non-hydrogen) atoms. The lowest BCUT2D eigenvalue weighted by molar-refractivity contribution is -0.161. The number of allylic oxidation sites excluding steroid dienone is 28. The number of rotatable bonds is 74. The van der Waals surface area contributed by atoms with Crippen molar-refractivity contribution in [2.24, 2.45) is 0 Å². The van der Waals surface area contributed by atoms with Crippen LogP contribution in [0.1, 0.15) is 297 Å². The summed E-state index contributed by atoms with van der Waals surface area (Å²) in [6, 6.07) is 0. The quantitative estimate of drug-likeness (QED) is 0.0169. The fourth-order valence-electron chi connectivity index (χ4n) is 10.2. The monoisotopic (exact) mass is 1520 g/mol. The van der Waals surface area contributed by atoms with Gasteiger partial charge in [-0.05, 0) is 167 Å². The molecule has 0 saturated carbocycles. The lowest BCUT2D eigenvalue weighted by Crippen LogP contribution is -2.30. The molecule has 0 aromatic carbocycles. The van der Waals surface area contributed by atoms with Gasteiger partial charge in [-0.3, -0.25) is 37.3 Å². The van der Waals surface area contributed by atoms with Crippen LogP contribution in [0.15, 0.2) is 170 Å². The lowest BCUT2D eigenvalue weighted by atomic mass is 10.1. The molecule has 602 valence electrons. The van der Waals surface area contributed by atoms with Gasteiger partial charge in [0.15, 0.2) is 12.2 Å². The Balaban J connectivity index is 5.44. The molecule has 3 N–H and O–H groups in total. The number of carbonyl (C=O) groups is 4. The average Bonchev–Trinajstić information content (AvgIpc) is 0.909. The maximum Gasteiger partial charge on any atom is 0.472 e. The summed E-state index contributed by atoms with van der Waals surface area (Å²) in [5, 5.41) is 10.7. The Bertz CT molecular complexity index is 2680. The molecule has 0 aliphatic carbocycles. The molecule has 0 heterocycles. The summed E-state index contributed by atoms with van der Waals surface area (Å²) in [6.07, 6.45) is 91.8. The number of hydrogen-bond acceptors (Lipinski definition) is 15. The molecule has 0 radical (unpaired) electrons. The smallest absolute Gasteiger partial charge is 0.462 e. The van der Waals surface area contributed by atoms with Crippen molar-refractivity contribution in [1.82, 2.24) is 0 Å². The van der Waals surface area contributed by atoms with Gasteiger partial charge in [-0.2, -0.15) is 0 Å². The first-order valence-electron chi connectivity index (χ1n) is 40.4. The van der Waals surface area contributed by atoms with Crippen LogP contribution in [0.5, 0.6) is 0 Å². The number of aliphatic hydroxyl groups is 1. The van der Waals surface area contributed by atoms with E-state index < -0.39 is 97.5 Å². The van der Waals surface area contributed by atoms with E-state index in [1.165, 1.54) is 0 Å². The van der Waals surface area contributed by atoms with Crippen molar-refractivity contribution in [3.63, 3.8) is 0 Å². The molecule has 0 aliphatic rings. The van der Waals surface area contributed by atoms with Crippen LogP contribution >= 0.6 is 15.6 Å². The summed E-state index contributed by atoms with van der Waals surface area (Å²) in [5.74, 6) is -2.27. The van der Waals surface area contributed by atoms with Gasteiger partial charge in [0.2, 0.25) is 0 Å². The molecular weight excluding hydrogens is 1380 g/mol. The van der Waals surface area contributed by atoms with E-state index in [4.69, 9.17) is 37.0 Å². The number of carbonyl (C=O) groups excluding carboxylic acids is 4. The number of ether oxygens (including phenoxy) is 4. The average molecular weight is 1520 g/mol. The lowest BCUT2D eigenvalue weighted by Gasteiger charge is -2.21. The van der Waals surface area contributed by atoms with E-state index in [1.807, 2.05) is 0 Å². The Kier molecular flexibility index (Phi) is 73.5. The van der Waals surface area contributed by atoms with Crippen molar-refractivity contribution < 1.29 is 80.2 Å². The molecule has 0 aromatic heterocycles. The van der Waals surface area contributed by atoms with E-state index in [-0.39, 0.29) is 25.7 Å². The van der Waals surface area contributed by atoms with Crippen LogP contribution in [0.3, 0.4) is 0 Å². The van der Waals surface area contributed by atoms with Crippen molar-refractivity contribution in [1.29, 1.82) is 0 Å². The second-order valence-electron chi connectivity index (χ2n) is 26.2. The van der Waals surface area contributed by atoms with Crippen LogP contribution in [-0.2, 0) is 65.4 Å². The van der Waals surface area contributed by atoms with E-state index in [9.17, 15) is 43.2 Å². The SMILES string of the molecule is CC/C=C\C/C=C\C/C=C\C/C=C\C/C=C\CCCCCC(=O)OCC(COP(=O)(O)OCC(O)COP(=O)(O)OCC(COC(=O)CCCCCCCCC/C=C\C/C=C\C/C=C\CC)OC(=O)CCCCCCC/C=C\C/C=C\C/C=C\CC)OC(=O)CCCCCCC/C=C\C/C=C\C/C=C\CC. The third kappa shape index (κ3) is 76.6. The van der Waals surface area contributed by atoms with Gasteiger partial charge in [0.05, 0.1) is 26.4 Å². The molecule has 19 heteroatoms. The van der Waals surface area contributed by atoms with E-state index in [0.717, 1.165) is 218 Å². The minimum absolute atomic E-state index is 0.0615. The van der Waals surface area contributed by atoms with Crippen molar-refractivity contribution in [2.45, 2.75) is 316 Å². The number of phosphoric acid groups is 2. The highest BCUT2D eigenvalue weighted by Crippen LogP contribution is 2.45. The first-order chi connectivity index (χ1) is 51.7. The number of hydrogen-bond donors (Lipinski definition) is 3. The predicted octanol–water partition coefficient (Wildman–Crippen LogP) is 23.8. The molecule has 0 spiro atoms. The zero-order valence-corrected chi connectivity index (χ0v) is 67.6. The molecule has 0 aliphatic heterocycles. The largest absolute Gasteiger partial charge is 0.472 e. The Labute approximate surface area is 642 Å². The fourth-order valence-corrected chi connectivity index (χ4v) is 11.8. The van der Waals surface area contributed by atoms with Crippen LogP contribution in [-0.4, -0.2) is 96.7 Å². The topological polar surface area (TPSA) is 237 Å². The molecule has 0 fully saturated rings. The Hall–Kier alpha value is -5.58.